The normalized spacial score (nSPS) is 13.5. The average molecular weight is 478 g/mol. The van der Waals surface area contributed by atoms with Gasteiger partial charge in [-0.3, -0.25) is 13.9 Å². The lowest BCUT2D eigenvalue weighted by atomic mass is 10.1. The summed E-state index contributed by atoms with van der Waals surface area (Å²) >= 11 is 0. The SMILES string of the molecule is Cc1ccccc1N(CC(=O)Nc1ccccc1C(=O)N1CCCC1)S(=O)(=O)c1ccccc1. The molecule has 1 fully saturated rings. The molecule has 1 aliphatic rings. The summed E-state index contributed by atoms with van der Waals surface area (Å²) in [6.45, 7) is 2.74. The lowest BCUT2D eigenvalue weighted by Gasteiger charge is -2.26. The van der Waals surface area contributed by atoms with Crippen molar-refractivity contribution < 1.29 is 18.0 Å². The molecule has 34 heavy (non-hydrogen) atoms. The second kappa shape index (κ2) is 10.1. The molecule has 0 aromatic heterocycles. The fourth-order valence-electron chi connectivity index (χ4n) is 4.05. The van der Waals surface area contributed by atoms with E-state index in [1.807, 2.05) is 6.07 Å². The highest BCUT2D eigenvalue weighted by Crippen LogP contribution is 2.27. The van der Waals surface area contributed by atoms with Crippen LogP contribution in [0.3, 0.4) is 0 Å². The van der Waals surface area contributed by atoms with Crippen LogP contribution >= 0.6 is 0 Å². The van der Waals surface area contributed by atoms with Crippen molar-refractivity contribution in [2.45, 2.75) is 24.7 Å². The van der Waals surface area contributed by atoms with Gasteiger partial charge in [-0.05, 0) is 55.7 Å². The van der Waals surface area contributed by atoms with E-state index in [1.54, 1.807) is 72.5 Å². The Bertz CT molecular complexity index is 1290. The predicted octanol–water partition coefficient (Wildman–Crippen LogP) is 4.07. The van der Waals surface area contributed by atoms with E-state index in [4.69, 9.17) is 0 Å². The molecule has 1 aliphatic heterocycles. The van der Waals surface area contributed by atoms with Gasteiger partial charge in [-0.1, -0.05) is 48.5 Å². The van der Waals surface area contributed by atoms with E-state index in [-0.39, 0.29) is 10.8 Å². The molecule has 176 valence electrons. The summed E-state index contributed by atoms with van der Waals surface area (Å²) in [6.07, 6.45) is 1.92. The quantitative estimate of drug-likeness (QED) is 0.556. The second-order valence-electron chi connectivity index (χ2n) is 8.20. The Balaban J connectivity index is 1.63. The number of aryl methyl sites for hydroxylation is 1. The monoisotopic (exact) mass is 477 g/mol. The van der Waals surface area contributed by atoms with Crippen LogP contribution in [0.5, 0.6) is 0 Å². The van der Waals surface area contributed by atoms with E-state index in [0.717, 1.165) is 22.7 Å². The Hall–Kier alpha value is -3.65. The summed E-state index contributed by atoms with van der Waals surface area (Å²) in [6, 6.07) is 21.9. The number of rotatable bonds is 7. The number of likely N-dealkylation sites (tertiary alicyclic amines) is 1. The van der Waals surface area contributed by atoms with Gasteiger partial charge in [0.05, 0.1) is 21.8 Å². The number of anilines is 2. The first-order valence-corrected chi connectivity index (χ1v) is 12.6. The van der Waals surface area contributed by atoms with Crippen LogP contribution in [-0.4, -0.2) is 44.8 Å². The maximum atomic E-state index is 13.5. The number of carbonyl (C=O) groups excluding carboxylic acids is 2. The maximum absolute atomic E-state index is 13.5. The van der Waals surface area contributed by atoms with Crippen molar-refractivity contribution in [1.82, 2.24) is 4.90 Å². The van der Waals surface area contributed by atoms with Crippen LogP contribution in [0.25, 0.3) is 0 Å². The minimum atomic E-state index is -4.01. The predicted molar refractivity (Wildman–Crippen MR) is 132 cm³/mol. The number of hydrogen-bond acceptors (Lipinski definition) is 4. The van der Waals surface area contributed by atoms with Crippen molar-refractivity contribution in [2.75, 3.05) is 29.3 Å². The molecule has 0 unspecified atom stereocenters. The molecule has 1 saturated heterocycles. The minimum Gasteiger partial charge on any atom is -0.339 e. The highest BCUT2D eigenvalue weighted by molar-refractivity contribution is 7.92. The average Bonchev–Trinajstić information content (AvgIpc) is 3.39. The van der Waals surface area contributed by atoms with Crippen molar-refractivity contribution in [3.8, 4) is 0 Å². The van der Waals surface area contributed by atoms with E-state index >= 15 is 0 Å². The van der Waals surface area contributed by atoms with Crippen LogP contribution in [0.2, 0.25) is 0 Å². The number of amides is 2. The zero-order valence-corrected chi connectivity index (χ0v) is 19.8. The molecule has 3 aromatic carbocycles. The van der Waals surface area contributed by atoms with Gasteiger partial charge in [-0.25, -0.2) is 8.42 Å². The van der Waals surface area contributed by atoms with E-state index < -0.39 is 22.5 Å². The van der Waals surface area contributed by atoms with E-state index in [9.17, 15) is 18.0 Å². The van der Waals surface area contributed by atoms with Crippen LogP contribution < -0.4 is 9.62 Å². The summed E-state index contributed by atoms with van der Waals surface area (Å²) in [7, 11) is -4.01. The standard InChI is InChI=1S/C26H27N3O4S/c1-20-11-5-8-16-24(20)29(34(32,33)21-12-3-2-4-13-21)19-25(30)27-23-15-7-6-14-22(23)26(31)28-17-9-10-18-28/h2-8,11-16H,9-10,17-19H2,1H3,(H,27,30). The van der Waals surface area contributed by atoms with Gasteiger partial charge in [0.25, 0.3) is 15.9 Å². The summed E-state index contributed by atoms with van der Waals surface area (Å²) in [5.41, 5.74) is 1.90. The zero-order chi connectivity index (χ0) is 24.1. The molecule has 0 aliphatic carbocycles. The molecule has 1 heterocycles. The number of sulfonamides is 1. The third-order valence-electron chi connectivity index (χ3n) is 5.83. The molecular weight excluding hydrogens is 450 g/mol. The number of nitrogens with zero attached hydrogens (tertiary/aromatic N) is 2. The first kappa shape index (κ1) is 23.5. The lowest BCUT2D eigenvalue weighted by molar-refractivity contribution is -0.114. The number of carbonyl (C=O) groups is 2. The Morgan fingerprint density at radius 2 is 1.50 bits per heavy atom. The largest absolute Gasteiger partial charge is 0.339 e. The summed E-state index contributed by atoms with van der Waals surface area (Å²) in [4.78, 5) is 28.0. The van der Waals surface area contributed by atoms with Crippen molar-refractivity contribution in [3.63, 3.8) is 0 Å². The number of nitrogens with one attached hydrogen (secondary N) is 1. The minimum absolute atomic E-state index is 0.0932. The molecule has 0 bridgehead atoms. The van der Waals surface area contributed by atoms with Gasteiger partial charge in [-0.15, -0.1) is 0 Å². The van der Waals surface area contributed by atoms with Crippen LogP contribution in [0.15, 0.2) is 83.8 Å². The number of hydrogen-bond donors (Lipinski definition) is 1. The fourth-order valence-corrected chi connectivity index (χ4v) is 5.56. The van der Waals surface area contributed by atoms with Gasteiger partial charge >= 0.3 is 0 Å². The van der Waals surface area contributed by atoms with Gasteiger partial charge < -0.3 is 10.2 Å². The van der Waals surface area contributed by atoms with E-state index in [1.165, 1.54) is 12.1 Å². The number of benzene rings is 3. The Morgan fingerprint density at radius 3 is 2.21 bits per heavy atom. The molecule has 1 N–H and O–H groups in total. The highest BCUT2D eigenvalue weighted by atomic mass is 32.2. The van der Waals surface area contributed by atoms with E-state index in [2.05, 4.69) is 5.32 Å². The fraction of sp³-hybridized carbons (Fsp3) is 0.231. The zero-order valence-electron chi connectivity index (χ0n) is 19.0. The Labute approximate surface area is 200 Å². The summed E-state index contributed by atoms with van der Waals surface area (Å²) in [5, 5.41) is 2.77. The first-order chi connectivity index (χ1) is 16.4. The molecule has 0 atom stereocenters. The van der Waals surface area contributed by atoms with Crippen LogP contribution in [-0.2, 0) is 14.8 Å². The van der Waals surface area contributed by atoms with E-state index in [0.29, 0.717) is 30.0 Å². The second-order valence-corrected chi connectivity index (χ2v) is 10.1. The van der Waals surface area contributed by atoms with Crippen molar-refractivity contribution in [2.24, 2.45) is 0 Å². The highest BCUT2D eigenvalue weighted by Gasteiger charge is 2.29. The molecule has 3 aromatic rings. The Kier molecular flexibility index (Phi) is 6.98. The lowest BCUT2D eigenvalue weighted by Crippen LogP contribution is -2.39. The van der Waals surface area contributed by atoms with Gasteiger partial charge in [0.15, 0.2) is 0 Å². The topological polar surface area (TPSA) is 86.8 Å². The third kappa shape index (κ3) is 4.97. The molecule has 8 heteroatoms. The van der Waals surface area contributed by atoms with Crippen LogP contribution in [0.1, 0.15) is 28.8 Å². The van der Waals surface area contributed by atoms with Gasteiger partial charge in [-0.2, -0.15) is 0 Å². The molecule has 0 radical (unpaired) electrons. The first-order valence-electron chi connectivity index (χ1n) is 11.2. The molecule has 2 amide bonds. The maximum Gasteiger partial charge on any atom is 0.264 e. The van der Waals surface area contributed by atoms with Crippen molar-refractivity contribution in [1.29, 1.82) is 0 Å². The smallest absolute Gasteiger partial charge is 0.264 e. The molecular formula is C26H27N3O4S. The van der Waals surface area contributed by atoms with Gasteiger partial charge in [0, 0.05) is 13.1 Å². The molecule has 7 nitrogen and oxygen atoms in total. The third-order valence-corrected chi connectivity index (χ3v) is 7.60. The summed E-state index contributed by atoms with van der Waals surface area (Å²) in [5.74, 6) is -0.675. The van der Waals surface area contributed by atoms with Crippen molar-refractivity contribution >= 4 is 33.2 Å². The van der Waals surface area contributed by atoms with Crippen LogP contribution in [0.4, 0.5) is 11.4 Å². The summed E-state index contributed by atoms with van der Waals surface area (Å²) < 4.78 is 28.1. The molecule has 4 rings (SSSR count). The number of para-hydroxylation sites is 2. The van der Waals surface area contributed by atoms with Gasteiger partial charge in [0.2, 0.25) is 5.91 Å². The molecule has 0 spiro atoms. The van der Waals surface area contributed by atoms with Gasteiger partial charge in [0.1, 0.15) is 6.54 Å². The van der Waals surface area contributed by atoms with Crippen molar-refractivity contribution in [3.05, 3.63) is 90.0 Å². The van der Waals surface area contributed by atoms with Crippen LogP contribution in [0, 0.1) is 6.92 Å². The molecule has 0 saturated carbocycles. The Morgan fingerprint density at radius 1 is 0.882 bits per heavy atom.